The normalized spacial score (nSPS) is 16.0. The molecule has 5 rings (SSSR count). The van der Waals surface area contributed by atoms with Gasteiger partial charge in [0, 0.05) is 33.4 Å². The second-order valence-corrected chi connectivity index (χ2v) is 8.31. The summed E-state index contributed by atoms with van der Waals surface area (Å²) in [6.45, 7) is 3.79. The van der Waals surface area contributed by atoms with Crippen molar-refractivity contribution >= 4 is 28.4 Å². The van der Waals surface area contributed by atoms with Gasteiger partial charge in [0.1, 0.15) is 11.8 Å². The number of carbonyl (C=O) groups excluding carboxylic acids is 2. The number of nitrogens with one attached hydrogen (secondary N) is 2. The molecular formula is C27H25N3O3. The monoisotopic (exact) mass is 439 g/mol. The van der Waals surface area contributed by atoms with Gasteiger partial charge < -0.3 is 19.9 Å². The SMILES string of the molecule is COc1ccc(NC(=O)C(C)N2C(=O)c3ccccc3C2c2c(C)[nH]c3ccccc23)cc1. The van der Waals surface area contributed by atoms with Crippen molar-refractivity contribution in [3.63, 3.8) is 0 Å². The van der Waals surface area contributed by atoms with E-state index in [2.05, 4.69) is 16.4 Å². The lowest BCUT2D eigenvalue weighted by Crippen LogP contribution is -2.44. The van der Waals surface area contributed by atoms with Crippen LogP contribution in [0.1, 0.15) is 40.1 Å². The van der Waals surface area contributed by atoms with Gasteiger partial charge in [-0.25, -0.2) is 0 Å². The van der Waals surface area contributed by atoms with E-state index in [1.165, 1.54) is 0 Å². The molecule has 33 heavy (non-hydrogen) atoms. The minimum atomic E-state index is -0.690. The van der Waals surface area contributed by atoms with Gasteiger partial charge in [0.15, 0.2) is 0 Å². The molecule has 0 bridgehead atoms. The summed E-state index contributed by atoms with van der Waals surface area (Å²) >= 11 is 0. The number of anilines is 1. The third kappa shape index (κ3) is 3.44. The van der Waals surface area contributed by atoms with Crippen LogP contribution in [0.15, 0.2) is 72.8 Å². The summed E-state index contributed by atoms with van der Waals surface area (Å²) in [5.41, 5.74) is 5.22. The summed E-state index contributed by atoms with van der Waals surface area (Å²) < 4.78 is 5.19. The Morgan fingerprint density at radius 3 is 2.48 bits per heavy atom. The maximum atomic E-state index is 13.6. The number of aromatic nitrogens is 1. The number of nitrogens with zero attached hydrogens (tertiary/aromatic N) is 1. The first-order valence-corrected chi connectivity index (χ1v) is 10.9. The fourth-order valence-electron chi connectivity index (χ4n) is 4.73. The van der Waals surface area contributed by atoms with Gasteiger partial charge in [-0.2, -0.15) is 0 Å². The summed E-state index contributed by atoms with van der Waals surface area (Å²) in [5.74, 6) is 0.322. The molecule has 0 spiro atoms. The summed E-state index contributed by atoms with van der Waals surface area (Å²) in [4.78, 5) is 32.0. The highest BCUT2D eigenvalue weighted by Gasteiger charge is 2.43. The molecule has 0 saturated carbocycles. The number of para-hydroxylation sites is 1. The minimum absolute atomic E-state index is 0.141. The lowest BCUT2D eigenvalue weighted by Gasteiger charge is -2.31. The van der Waals surface area contributed by atoms with Crippen molar-refractivity contribution < 1.29 is 14.3 Å². The van der Waals surface area contributed by atoms with Gasteiger partial charge in [0.25, 0.3) is 5.91 Å². The molecule has 6 heteroatoms. The minimum Gasteiger partial charge on any atom is -0.497 e. The zero-order valence-corrected chi connectivity index (χ0v) is 18.8. The molecule has 166 valence electrons. The van der Waals surface area contributed by atoms with Crippen LogP contribution in [0.3, 0.4) is 0 Å². The quantitative estimate of drug-likeness (QED) is 0.457. The molecule has 2 atom stereocenters. The molecular weight excluding hydrogens is 414 g/mol. The maximum absolute atomic E-state index is 13.6. The Morgan fingerprint density at radius 2 is 1.73 bits per heavy atom. The molecule has 2 amide bonds. The Hall–Kier alpha value is -4.06. The van der Waals surface area contributed by atoms with Crippen LogP contribution in [0.4, 0.5) is 5.69 Å². The second-order valence-electron chi connectivity index (χ2n) is 8.31. The Bertz CT molecular complexity index is 1360. The second kappa shape index (κ2) is 8.13. The summed E-state index contributed by atoms with van der Waals surface area (Å²) in [7, 11) is 1.60. The van der Waals surface area contributed by atoms with E-state index < -0.39 is 6.04 Å². The van der Waals surface area contributed by atoms with Crippen molar-refractivity contribution in [1.29, 1.82) is 0 Å². The van der Waals surface area contributed by atoms with E-state index in [1.807, 2.05) is 49.4 Å². The number of ether oxygens (including phenoxy) is 1. The standard InChI is InChI=1S/C27H25N3O3/c1-16-24(22-10-6-7-11-23(22)28-16)25-20-8-4-5-9-21(20)27(32)30(25)17(2)26(31)29-18-12-14-19(33-3)15-13-18/h4-15,17,25,28H,1-3H3,(H,29,31). The van der Waals surface area contributed by atoms with Gasteiger partial charge >= 0.3 is 0 Å². The van der Waals surface area contributed by atoms with E-state index >= 15 is 0 Å². The van der Waals surface area contributed by atoms with E-state index in [0.717, 1.165) is 27.7 Å². The molecule has 3 aromatic carbocycles. The van der Waals surface area contributed by atoms with Crippen LogP contribution in [0.5, 0.6) is 5.75 Å². The number of aromatic amines is 1. The molecule has 2 unspecified atom stereocenters. The highest BCUT2D eigenvalue weighted by atomic mass is 16.5. The molecule has 0 aliphatic carbocycles. The number of rotatable bonds is 5. The fraction of sp³-hybridized carbons (Fsp3) is 0.185. The number of benzene rings is 3. The number of H-pyrrole nitrogens is 1. The van der Waals surface area contributed by atoms with Crippen molar-refractivity contribution in [3.8, 4) is 5.75 Å². The molecule has 0 fully saturated rings. The first-order chi connectivity index (χ1) is 16.0. The number of methoxy groups -OCH3 is 1. The molecule has 1 aliphatic rings. The van der Waals surface area contributed by atoms with Crippen LogP contribution in [-0.4, -0.2) is 34.8 Å². The van der Waals surface area contributed by atoms with E-state index in [-0.39, 0.29) is 17.9 Å². The smallest absolute Gasteiger partial charge is 0.255 e. The van der Waals surface area contributed by atoms with Crippen molar-refractivity contribution in [2.24, 2.45) is 0 Å². The van der Waals surface area contributed by atoms with Crippen LogP contribution in [0.25, 0.3) is 10.9 Å². The third-order valence-electron chi connectivity index (χ3n) is 6.37. The van der Waals surface area contributed by atoms with Crippen LogP contribution >= 0.6 is 0 Å². The van der Waals surface area contributed by atoms with E-state index in [9.17, 15) is 9.59 Å². The fourth-order valence-corrected chi connectivity index (χ4v) is 4.73. The van der Waals surface area contributed by atoms with Crippen LogP contribution in [0, 0.1) is 6.92 Å². The van der Waals surface area contributed by atoms with Gasteiger partial charge in [0.2, 0.25) is 5.91 Å². The van der Waals surface area contributed by atoms with Gasteiger partial charge in [-0.3, -0.25) is 9.59 Å². The van der Waals surface area contributed by atoms with E-state index in [1.54, 1.807) is 43.2 Å². The molecule has 0 saturated heterocycles. The number of aryl methyl sites for hydroxylation is 1. The Kier molecular flexibility index (Phi) is 5.13. The van der Waals surface area contributed by atoms with Crippen molar-refractivity contribution in [3.05, 3.63) is 95.2 Å². The largest absolute Gasteiger partial charge is 0.497 e. The lowest BCUT2D eigenvalue weighted by atomic mass is 9.95. The first-order valence-electron chi connectivity index (χ1n) is 10.9. The predicted molar refractivity (Wildman–Crippen MR) is 129 cm³/mol. The van der Waals surface area contributed by atoms with Crippen LogP contribution < -0.4 is 10.1 Å². The molecule has 1 aliphatic heterocycles. The average molecular weight is 440 g/mol. The van der Waals surface area contributed by atoms with Gasteiger partial charge in [0.05, 0.1) is 13.2 Å². The molecule has 2 heterocycles. The van der Waals surface area contributed by atoms with Gasteiger partial charge in [-0.15, -0.1) is 0 Å². The van der Waals surface area contributed by atoms with Crippen molar-refractivity contribution in [2.45, 2.75) is 25.9 Å². The van der Waals surface area contributed by atoms with Crippen molar-refractivity contribution in [1.82, 2.24) is 9.88 Å². The summed E-state index contributed by atoms with van der Waals surface area (Å²) in [6, 6.07) is 21.8. The number of carbonyl (C=O) groups is 2. The number of amides is 2. The molecule has 4 aromatic rings. The highest BCUT2D eigenvalue weighted by Crippen LogP contribution is 2.43. The molecule has 6 nitrogen and oxygen atoms in total. The van der Waals surface area contributed by atoms with Gasteiger partial charge in [-0.05, 0) is 55.8 Å². The third-order valence-corrected chi connectivity index (χ3v) is 6.37. The molecule has 2 N–H and O–H groups in total. The zero-order valence-electron chi connectivity index (χ0n) is 18.8. The predicted octanol–water partition coefficient (Wildman–Crippen LogP) is 5.06. The maximum Gasteiger partial charge on any atom is 0.255 e. The van der Waals surface area contributed by atoms with Crippen LogP contribution in [0.2, 0.25) is 0 Å². The Balaban J connectivity index is 1.55. The molecule has 1 aromatic heterocycles. The Labute approximate surface area is 192 Å². The van der Waals surface area contributed by atoms with Crippen molar-refractivity contribution in [2.75, 3.05) is 12.4 Å². The van der Waals surface area contributed by atoms with E-state index in [0.29, 0.717) is 17.0 Å². The number of fused-ring (bicyclic) bond motifs is 2. The molecule has 0 radical (unpaired) electrons. The first kappa shape index (κ1) is 20.8. The summed E-state index contributed by atoms with van der Waals surface area (Å²) in [6.07, 6.45) is 0. The van der Waals surface area contributed by atoms with E-state index in [4.69, 9.17) is 4.74 Å². The zero-order chi connectivity index (χ0) is 23.1. The number of hydrogen-bond donors (Lipinski definition) is 2. The van der Waals surface area contributed by atoms with Gasteiger partial charge in [-0.1, -0.05) is 36.4 Å². The Morgan fingerprint density at radius 1 is 1.03 bits per heavy atom. The lowest BCUT2D eigenvalue weighted by molar-refractivity contribution is -0.120. The van der Waals surface area contributed by atoms with Crippen LogP contribution in [-0.2, 0) is 4.79 Å². The summed E-state index contributed by atoms with van der Waals surface area (Å²) in [5, 5.41) is 3.99. The highest BCUT2D eigenvalue weighted by molar-refractivity contribution is 6.05. The topological polar surface area (TPSA) is 74.4 Å². The number of hydrogen-bond acceptors (Lipinski definition) is 3. The average Bonchev–Trinajstić information content (AvgIpc) is 3.32.